The highest BCUT2D eigenvalue weighted by atomic mass is 16.6. The number of aryl methyl sites for hydroxylation is 1. The molecule has 1 aromatic carbocycles. The summed E-state index contributed by atoms with van der Waals surface area (Å²) >= 11 is 0. The van der Waals surface area contributed by atoms with Crippen molar-refractivity contribution in [2.75, 3.05) is 13.1 Å². The molecule has 1 saturated heterocycles. The molecule has 1 fully saturated rings. The van der Waals surface area contributed by atoms with Gasteiger partial charge in [0.2, 0.25) is 0 Å². The van der Waals surface area contributed by atoms with E-state index in [0.717, 1.165) is 12.2 Å². The van der Waals surface area contributed by atoms with Gasteiger partial charge in [-0.2, -0.15) is 0 Å². The van der Waals surface area contributed by atoms with E-state index in [1.165, 1.54) is 16.0 Å². The number of likely N-dealkylation sites (tertiary alicyclic amines) is 1. The Bertz CT molecular complexity index is 949. The van der Waals surface area contributed by atoms with Crippen LogP contribution in [0.4, 0.5) is 4.79 Å². The number of esters is 1. The van der Waals surface area contributed by atoms with Gasteiger partial charge in [-0.25, -0.2) is 14.6 Å². The molecule has 2 aromatic rings. The van der Waals surface area contributed by atoms with Crippen LogP contribution < -0.4 is 0 Å². The molecule has 3 heterocycles. The minimum absolute atomic E-state index is 0.375. The lowest BCUT2D eigenvalue weighted by atomic mass is 9.70. The highest BCUT2D eigenvalue weighted by Gasteiger charge is 2.45. The molecule has 1 N–H and O–H groups in total. The number of aromatic nitrogens is 2. The molecule has 4 rings (SSSR count). The molecule has 2 aliphatic heterocycles. The second-order valence-electron chi connectivity index (χ2n) is 8.88. The van der Waals surface area contributed by atoms with Crippen LogP contribution in [-0.4, -0.2) is 50.3 Å². The van der Waals surface area contributed by atoms with Gasteiger partial charge in [-0.1, -0.05) is 24.3 Å². The first-order valence-corrected chi connectivity index (χ1v) is 10.1. The van der Waals surface area contributed by atoms with E-state index in [1.807, 2.05) is 37.5 Å². The molecule has 1 aromatic heterocycles. The Kier molecular flexibility index (Phi) is 4.63. The fourth-order valence-electron chi connectivity index (χ4n) is 4.61. The maximum Gasteiger partial charge on any atom is 0.407 e. The van der Waals surface area contributed by atoms with E-state index in [2.05, 4.69) is 12.1 Å². The highest BCUT2D eigenvalue weighted by Crippen LogP contribution is 2.44. The number of carbonyl (C=O) groups is 2. The number of hydrogen-bond acceptors (Lipinski definition) is 4. The molecule has 1 spiro atoms. The fourth-order valence-corrected chi connectivity index (χ4v) is 4.61. The molecular formula is C22H27N3O4. The number of carbonyl (C=O) groups excluding carboxylic acids is 1. The number of nitrogens with zero attached hydrogens (tertiary/aromatic N) is 3. The summed E-state index contributed by atoms with van der Waals surface area (Å²) in [6.07, 6.45) is 2.80. The third kappa shape index (κ3) is 3.39. The fraction of sp³-hybridized carbons (Fsp3) is 0.500. The summed E-state index contributed by atoms with van der Waals surface area (Å²) in [5.41, 5.74) is 1.91. The van der Waals surface area contributed by atoms with Crippen LogP contribution in [0.5, 0.6) is 0 Å². The molecule has 0 unspecified atom stereocenters. The predicted molar refractivity (Wildman–Crippen MR) is 107 cm³/mol. The Morgan fingerprint density at radius 2 is 1.83 bits per heavy atom. The molecule has 0 saturated carbocycles. The number of amides is 1. The Hall–Kier alpha value is -2.83. The molecule has 1 amide bonds. The van der Waals surface area contributed by atoms with Crippen molar-refractivity contribution in [3.8, 4) is 0 Å². The molecule has 0 radical (unpaired) electrons. The van der Waals surface area contributed by atoms with E-state index < -0.39 is 17.1 Å². The van der Waals surface area contributed by atoms with Crippen molar-refractivity contribution < 1.29 is 19.4 Å². The molecule has 7 nitrogen and oxygen atoms in total. The quantitative estimate of drug-likeness (QED) is 0.745. The van der Waals surface area contributed by atoms with Crippen molar-refractivity contribution in [3.63, 3.8) is 0 Å². The lowest BCUT2D eigenvalue weighted by Gasteiger charge is -2.41. The van der Waals surface area contributed by atoms with Crippen LogP contribution in [0.15, 0.2) is 30.5 Å². The SMILES string of the molecule is CC(C)(C)OC(=O)c1cnc2n1CCc1ccccc1C21CCN(C(=O)O)CC1. The Labute approximate surface area is 170 Å². The third-order valence-corrected chi connectivity index (χ3v) is 5.92. The van der Waals surface area contributed by atoms with Crippen LogP contribution in [0.1, 0.15) is 61.1 Å². The summed E-state index contributed by atoms with van der Waals surface area (Å²) < 4.78 is 7.60. The Morgan fingerprint density at radius 1 is 1.14 bits per heavy atom. The topological polar surface area (TPSA) is 84.7 Å². The Balaban J connectivity index is 1.80. The first-order chi connectivity index (χ1) is 13.7. The van der Waals surface area contributed by atoms with Crippen molar-refractivity contribution in [2.24, 2.45) is 0 Å². The van der Waals surface area contributed by atoms with Gasteiger partial charge < -0.3 is 19.3 Å². The van der Waals surface area contributed by atoms with Crippen molar-refractivity contribution in [1.29, 1.82) is 0 Å². The standard InChI is InChI=1S/C22H27N3O4/c1-21(2,3)29-18(26)17-14-23-19-22(9-12-24(13-10-22)20(27)28)16-7-5-4-6-15(16)8-11-25(17)19/h4-7,14H,8-13H2,1-3H3,(H,27,28). The van der Waals surface area contributed by atoms with E-state index in [1.54, 1.807) is 6.20 Å². The van der Waals surface area contributed by atoms with Gasteiger partial charge in [0.1, 0.15) is 17.1 Å². The van der Waals surface area contributed by atoms with Crippen LogP contribution >= 0.6 is 0 Å². The van der Waals surface area contributed by atoms with Gasteiger partial charge in [-0.05, 0) is 51.2 Å². The summed E-state index contributed by atoms with van der Waals surface area (Å²) in [5, 5.41) is 9.40. The molecular weight excluding hydrogens is 370 g/mol. The smallest absolute Gasteiger partial charge is 0.407 e. The number of benzene rings is 1. The molecule has 154 valence electrons. The molecule has 0 bridgehead atoms. The zero-order valence-corrected chi connectivity index (χ0v) is 17.1. The van der Waals surface area contributed by atoms with Crippen LogP contribution in [0.3, 0.4) is 0 Å². The maximum atomic E-state index is 12.8. The van der Waals surface area contributed by atoms with Crippen molar-refractivity contribution >= 4 is 12.1 Å². The number of carboxylic acid groups (broad SMARTS) is 1. The average molecular weight is 397 g/mol. The average Bonchev–Trinajstić information content (AvgIpc) is 3.05. The van der Waals surface area contributed by atoms with Gasteiger partial charge in [-0.15, -0.1) is 0 Å². The van der Waals surface area contributed by atoms with Gasteiger partial charge in [0.25, 0.3) is 0 Å². The van der Waals surface area contributed by atoms with Crippen LogP contribution in [0.25, 0.3) is 0 Å². The van der Waals surface area contributed by atoms with Gasteiger partial charge >= 0.3 is 12.1 Å². The first-order valence-electron chi connectivity index (χ1n) is 10.1. The van der Waals surface area contributed by atoms with Gasteiger partial charge in [0.15, 0.2) is 0 Å². The predicted octanol–water partition coefficient (Wildman–Crippen LogP) is 3.45. The molecule has 7 heteroatoms. The van der Waals surface area contributed by atoms with E-state index in [4.69, 9.17) is 9.72 Å². The van der Waals surface area contributed by atoms with Gasteiger partial charge in [-0.3, -0.25) is 0 Å². The summed E-state index contributed by atoms with van der Waals surface area (Å²) in [4.78, 5) is 30.4. The zero-order valence-electron chi connectivity index (χ0n) is 17.1. The molecule has 0 atom stereocenters. The number of piperidine rings is 1. The summed E-state index contributed by atoms with van der Waals surface area (Å²) in [7, 11) is 0. The van der Waals surface area contributed by atoms with Crippen molar-refractivity contribution in [3.05, 3.63) is 53.1 Å². The summed E-state index contributed by atoms with van der Waals surface area (Å²) in [6, 6.07) is 8.31. The Morgan fingerprint density at radius 3 is 2.48 bits per heavy atom. The summed E-state index contributed by atoms with van der Waals surface area (Å²) in [6.45, 7) is 7.08. The van der Waals surface area contributed by atoms with Gasteiger partial charge in [0.05, 0.1) is 11.6 Å². The number of ether oxygens (including phenoxy) is 1. The van der Waals surface area contributed by atoms with Crippen LogP contribution in [0, 0.1) is 0 Å². The van der Waals surface area contributed by atoms with Crippen LogP contribution in [0.2, 0.25) is 0 Å². The lowest BCUT2D eigenvalue weighted by Crippen LogP contribution is -2.46. The van der Waals surface area contributed by atoms with Crippen molar-refractivity contribution in [1.82, 2.24) is 14.5 Å². The molecule has 2 aliphatic rings. The van der Waals surface area contributed by atoms with Gasteiger partial charge in [0, 0.05) is 19.6 Å². The lowest BCUT2D eigenvalue weighted by molar-refractivity contribution is 0.00569. The number of rotatable bonds is 1. The zero-order chi connectivity index (χ0) is 20.8. The maximum absolute atomic E-state index is 12.8. The summed E-state index contributed by atoms with van der Waals surface area (Å²) in [5.74, 6) is 0.466. The minimum atomic E-state index is -0.889. The van der Waals surface area contributed by atoms with E-state index in [-0.39, 0.29) is 5.97 Å². The second kappa shape index (κ2) is 6.90. The second-order valence-corrected chi connectivity index (χ2v) is 8.88. The number of hydrogen-bond donors (Lipinski definition) is 1. The number of fused-ring (bicyclic) bond motifs is 4. The largest absolute Gasteiger partial charge is 0.465 e. The number of imidazole rings is 1. The molecule has 29 heavy (non-hydrogen) atoms. The first kappa shape index (κ1) is 19.5. The van der Waals surface area contributed by atoms with E-state index in [9.17, 15) is 14.7 Å². The normalized spacial score (nSPS) is 18.0. The monoisotopic (exact) mass is 397 g/mol. The molecule has 0 aliphatic carbocycles. The van der Waals surface area contributed by atoms with E-state index in [0.29, 0.717) is 38.2 Å². The minimum Gasteiger partial charge on any atom is -0.465 e. The third-order valence-electron chi connectivity index (χ3n) is 5.92. The van der Waals surface area contributed by atoms with E-state index >= 15 is 0 Å². The highest BCUT2D eigenvalue weighted by molar-refractivity contribution is 5.88. The van der Waals surface area contributed by atoms with Crippen molar-refractivity contribution in [2.45, 2.75) is 57.6 Å². The van der Waals surface area contributed by atoms with Crippen LogP contribution in [-0.2, 0) is 23.1 Å².